The summed E-state index contributed by atoms with van der Waals surface area (Å²) in [6, 6.07) is 35.8. The van der Waals surface area contributed by atoms with Crippen LogP contribution < -0.4 is 5.43 Å². The Bertz CT molecular complexity index is 1540. The number of nitrogens with zero attached hydrogens (tertiary/aromatic N) is 1. The van der Waals surface area contributed by atoms with E-state index in [2.05, 4.69) is 10.5 Å². The number of hydrogen-bond donors (Lipinski definition) is 2. The lowest BCUT2D eigenvalue weighted by atomic mass is 9.61. The fraction of sp³-hybridized carbons (Fsp3) is 0.250. The minimum atomic E-state index is -1.57. The van der Waals surface area contributed by atoms with E-state index in [1.54, 1.807) is 6.92 Å². The van der Waals surface area contributed by atoms with Crippen molar-refractivity contribution in [2.75, 3.05) is 5.43 Å². The van der Waals surface area contributed by atoms with Crippen LogP contribution in [0.2, 0.25) is 0 Å². The number of para-hydroxylation sites is 1. The van der Waals surface area contributed by atoms with Gasteiger partial charge in [0.05, 0.1) is 22.9 Å². The second kappa shape index (κ2) is 13.5. The summed E-state index contributed by atoms with van der Waals surface area (Å²) in [5, 5.41) is 16.5. The first-order valence-electron chi connectivity index (χ1n) is 14.4. The van der Waals surface area contributed by atoms with Crippen molar-refractivity contribution in [3.8, 4) is 0 Å². The lowest BCUT2D eigenvalue weighted by Gasteiger charge is -2.45. The van der Waals surface area contributed by atoms with Crippen molar-refractivity contribution >= 4 is 23.3 Å². The standard InChI is InChI=1S/C36H36N2O5/c1-25-18-20-28(21-19-25)31-32(34(39)42-23-26-12-6-3-7-13-26)30(38-37-29-16-10-5-11-17-29)22-36(2,41)33(31)35(40)43-24-27-14-8-4-9-15-27/h3-21,31-33,37,41H,22-24H2,1-2H3. The molecule has 1 saturated carbocycles. The van der Waals surface area contributed by atoms with Gasteiger partial charge in [-0.15, -0.1) is 0 Å². The van der Waals surface area contributed by atoms with Crippen molar-refractivity contribution < 1.29 is 24.2 Å². The van der Waals surface area contributed by atoms with Crippen LogP contribution in [0.1, 0.15) is 41.5 Å². The van der Waals surface area contributed by atoms with Crippen LogP contribution in [0.3, 0.4) is 0 Å². The summed E-state index contributed by atoms with van der Waals surface area (Å²) in [6.45, 7) is 3.68. The quantitative estimate of drug-likeness (QED) is 0.176. The third-order valence-electron chi connectivity index (χ3n) is 7.81. The highest BCUT2D eigenvalue weighted by Crippen LogP contribution is 2.47. The molecule has 0 saturated heterocycles. The lowest BCUT2D eigenvalue weighted by molar-refractivity contribution is -0.165. The number of hydrazone groups is 1. The highest BCUT2D eigenvalue weighted by molar-refractivity contribution is 6.06. The fourth-order valence-electron chi connectivity index (χ4n) is 5.62. The van der Waals surface area contributed by atoms with E-state index < -0.39 is 35.3 Å². The Labute approximate surface area is 252 Å². The summed E-state index contributed by atoms with van der Waals surface area (Å²) >= 11 is 0. The molecular weight excluding hydrogens is 540 g/mol. The van der Waals surface area contributed by atoms with E-state index in [0.717, 1.165) is 22.4 Å². The summed E-state index contributed by atoms with van der Waals surface area (Å²) in [5.41, 5.74) is 5.98. The number of nitrogens with one attached hydrogen (secondary N) is 1. The first kappa shape index (κ1) is 29.7. The Balaban J connectivity index is 1.54. The number of carbonyl (C=O) groups excluding carboxylic acids is 2. The summed E-state index contributed by atoms with van der Waals surface area (Å²) in [7, 11) is 0. The van der Waals surface area contributed by atoms with Gasteiger partial charge >= 0.3 is 11.9 Å². The molecule has 0 amide bonds. The van der Waals surface area contributed by atoms with Crippen LogP contribution in [0.5, 0.6) is 0 Å². The van der Waals surface area contributed by atoms with Crippen LogP contribution in [0.15, 0.2) is 120 Å². The largest absolute Gasteiger partial charge is 0.461 e. The number of benzene rings is 4. The summed E-state index contributed by atoms with van der Waals surface area (Å²) in [4.78, 5) is 27.9. The molecule has 4 aromatic rings. The molecule has 7 nitrogen and oxygen atoms in total. The highest BCUT2D eigenvalue weighted by atomic mass is 16.5. The van der Waals surface area contributed by atoms with Gasteiger partial charge in [0, 0.05) is 12.3 Å². The van der Waals surface area contributed by atoms with Gasteiger partial charge in [-0.05, 0) is 42.7 Å². The molecule has 1 aliphatic carbocycles. The SMILES string of the molecule is Cc1ccc(C2C(C(=O)OCc3ccccc3)C(=NNc3ccccc3)CC(C)(O)C2C(=O)OCc2ccccc2)cc1. The number of hydrogen-bond acceptors (Lipinski definition) is 7. The molecule has 7 heteroatoms. The van der Waals surface area contributed by atoms with Gasteiger partial charge in [-0.1, -0.05) is 109 Å². The molecular formula is C36H36N2O5. The number of carbonyl (C=O) groups is 2. The topological polar surface area (TPSA) is 97.2 Å². The van der Waals surface area contributed by atoms with Gasteiger partial charge in [0.15, 0.2) is 0 Å². The first-order valence-corrected chi connectivity index (χ1v) is 14.4. The molecule has 220 valence electrons. The fourth-order valence-corrected chi connectivity index (χ4v) is 5.62. The van der Waals surface area contributed by atoms with Gasteiger partial charge in [0.2, 0.25) is 0 Å². The number of rotatable bonds is 9. The Kier molecular flexibility index (Phi) is 9.32. The molecule has 4 unspecified atom stereocenters. The van der Waals surface area contributed by atoms with Gasteiger partial charge < -0.3 is 14.6 Å². The number of anilines is 1. The third kappa shape index (κ3) is 7.37. The van der Waals surface area contributed by atoms with Crippen molar-refractivity contribution in [1.29, 1.82) is 0 Å². The Morgan fingerprint density at radius 3 is 1.86 bits per heavy atom. The Morgan fingerprint density at radius 1 is 0.791 bits per heavy atom. The molecule has 0 spiro atoms. The van der Waals surface area contributed by atoms with E-state index >= 15 is 0 Å². The van der Waals surface area contributed by atoms with E-state index in [1.807, 2.05) is 122 Å². The first-order chi connectivity index (χ1) is 20.8. The third-order valence-corrected chi connectivity index (χ3v) is 7.81. The van der Waals surface area contributed by atoms with E-state index in [4.69, 9.17) is 9.47 Å². The smallest absolute Gasteiger partial charge is 0.315 e. The van der Waals surface area contributed by atoms with Crippen molar-refractivity contribution in [3.63, 3.8) is 0 Å². The van der Waals surface area contributed by atoms with Gasteiger partial charge in [-0.2, -0.15) is 5.10 Å². The van der Waals surface area contributed by atoms with E-state index in [9.17, 15) is 14.7 Å². The van der Waals surface area contributed by atoms with E-state index in [0.29, 0.717) is 11.3 Å². The average Bonchev–Trinajstić information content (AvgIpc) is 3.02. The Morgan fingerprint density at radius 2 is 1.30 bits per heavy atom. The maximum absolute atomic E-state index is 14.0. The van der Waals surface area contributed by atoms with Crippen molar-refractivity contribution in [2.45, 2.75) is 45.0 Å². The number of aryl methyl sites for hydroxylation is 1. The van der Waals surface area contributed by atoms with Gasteiger partial charge in [0.25, 0.3) is 0 Å². The Hall–Kier alpha value is -4.75. The maximum atomic E-state index is 14.0. The lowest BCUT2D eigenvalue weighted by Crippen LogP contribution is -2.55. The minimum Gasteiger partial charge on any atom is -0.461 e. The minimum absolute atomic E-state index is 0.0363. The molecule has 0 aliphatic heterocycles. The molecule has 0 aromatic heterocycles. The van der Waals surface area contributed by atoms with Crippen LogP contribution >= 0.6 is 0 Å². The summed E-state index contributed by atoms with van der Waals surface area (Å²) in [5.74, 6) is -3.94. The molecule has 4 atom stereocenters. The monoisotopic (exact) mass is 576 g/mol. The van der Waals surface area contributed by atoms with Crippen LogP contribution in [0.25, 0.3) is 0 Å². The van der Waals surface area contributed by atoms with Crippen LogP contribution in [-0.2, 0) is 32.3 Å². The zero-order chi connectivity index (χ0) is 30.2. The second-order valence-corrected chi connectivity index (χ2v) is 11.2. The molecule has 4 aromatic carbocycles. The molecule has 1 fully saturated rings. The van der Waals surface area contributed by atoms with E-state index in [1.165, 1.54) is 0 Å². The average molecular weight is 577 g/mol. The zero-order valence-electron chi connectivity index (χ0n) is 24.4. The van der Waals surface area contributed by atoms with Crippen molar-refractivity contribution in [1.82, 2.24) is 0 Å². The molecule has 43 heavy (non-hydrogen) atoms. The summed E-state index contributed by atoms with van der Waals surface area (Å²) in [6.07, 6.45) is -0.0363. The molecule has 5 rings (SSSR count). The zero-order valence-corrected chi connectivity index (χ0v) is 24.4. The number of aliphatic hydroxyl groups is 1. The predicted molar refractivity (Wildman–Crippen MR) is 166 cm³/mol. The highest BCUT2D eigenvalue weighted by Gasteiger charge is 2.56. The number of esters is 2. The van der Waals surface area contributed by atoms with Gasteiger partial charge in [-0.25, -0.2) is 0 Å². The predicted octanol–water partition coefficient (Wildman–Crippen LogP) is 6.42. The van der Waals surface area contributed by atoms with Crippen LogP contribution in [-0.4, -0.2) is 28.4 Å². The van der Waals surface area contributed by atoms with Gasteiger partial charge in [-0.3, -0.25) is 15.0 Å². The van der Waals surface area contributed by atoms with Crippen molar-refractivity contribution in [2.24, 2.45) is 16.9 Å². The molecule has 0 bridgehead atoms. The van der Waals surface area contributed by atoms with Crippen LogP contribution in [0, 0.1) is 18.8 Å². The summed E-state index contributed by atoms with van der Waals surface area (Å²) < 4.78 is 11.7. The molecule has 0 heterocycles. The van der Waals surface area contributed by atoms with Crippen LogP contribution in [0.4, 0.5) is 5.69 Å². The normalized spacial score (nSPS) is 22.5. The molecule has 0 radical (unpaired) electrons. The maximum Gasteiger partial charge on any atom is 0.315 e. The number of ether oxygens (including phenoxy) is 2. The molecule has 2 N–H and O–H groups in total. The molecule has 1 aliphatic rings. The van der Waals surface area contributed by atoms with E-state index in [-0.39, 0.29) is 19.6 Å². The van der Waals surface area contributed by atoms with Gasteiger partial charge in [0.1, 0.15) is 19.1 Å². The second-order valence-electron chi connectivity index (χ2n) is 11.2. The van der Waals surface area contributed by atoms with Crippen molar-refractivity contribution in [3.05, 3.63) is 138 Å².